The Morgan fingerprint density at radius 1 is 1.38 bits per heavy atom. The molecule has 0 spiro atoms. The predicted octanol–water partition coefficient (Wildman–Crippen LogP) is 3.80. The maximum atomic E-state index is 6.96. The Hall–Kier alpha value is -0.590. The third kappa shape index (κ3) is 2.20. The van der Waals surface area contributed by atoms with Gasteiger partial charge in [0, 0.05) is 6.21 Å². The Labute approximate surface area is 81.7 Å². The van der Waals surface area contributed by atoms with E-state index in [1.165, 1.54) is 24.6 Å². The van der Waals surface area contributed by atoms with Crippen LogP contribution in [0, 0.1) is 16.2 Å². The first-order valence-corrected chi connectivity index (χ1v) is 5.07. The van der Waals surface area contributed by atoms with E-state index in [9.17, 15) is 0 Å². The monoisotopic (exact) mass is 179 g/mol. The molecule has 0 bridgehead atoms. The van der Waals surface area contributed by atoms with Crippen LogP contribution in [-0.4, -0.2) is 6.21 Å². The Morgan fingerprint density at radius 3 is 2.31 bits per heavy atom. The van der Waals surface area contributed by atoms with Gasteiger partial charge in [-0.3, -0.25) is 0 Å². The normalized spacial score (nSPS) is 31.5. The van der Waals surface area contributed by atoms with Gasteiger partial charge in [0.1, 0.15) is 0 Å². The molecular weight excluding hydrogens is 158 g/mol. The second-order valence-corrected chi connectivity index (χ2v) is 5.30. The SMILES string of the molecule is C/C(=C/C=N)CCC1(C)CC1(C)C. The number of allylic oxidation sites excluding steroid dienone is 2. The summed E-state index contributed by atoms with van der Waals surface area (Å²) < 4.78 is 0. The second-order valence-electron chi connectivity index (χ2n) is 5.30. The van der Waals surface area contributed by atoms with Crippen molar-refractivity contribution in [2.24, 2.45) is 10.8 Å². The van der Waals surface area contributed by atoms with Crippen LogP contribution in [0.1, 0.15) is 47.0 Å². The molecule has 1 aliphatic rings. The van der Waals surface area contributed by atoms with Gasteiger partial charge in [0.05, 0.1) is 0 Å². The lowest BCUT2D eigenvalue weighted by Crippen LogP contribution is -2.03. The molecule has 0 aromatic heterocycles. The largest absolute Gasteiger partial charge is 0.309 e. The maximum Gasteiger partial charge on any atom is 0.0177 e. The van der Waals surface area contributed by atoms with Crippen molar-refractivity contribution in [2.75, 3.05) is 0 Å². The first-order valence-electron chi connectivity index (χ1n) is 5.07. The Kier molecular flexibility index (Phi) is 2.65. The standard InChI is InChI=1S/C12H21N/c1-10(6-8-13)5-7-12(4)9-11(12,2)3/h6,8,13H,5,7,9H2,1-4H3/b10-6-,13-8?. The first kappa shape index (κ1) is 10.5. The third-order valence-corrected chi connectivity index (χ3v) is 3.78. The van der Waals surface area contributed by atoms with Crippen LogP contribution in [0.25, 0.3) is 0 Å². The van der Waals surface area contributed by atoms with Crippen LogP contribution in [0.3, 0.4) is 0 Å². The van der Waals surface area contributed by atoms with Crippen molar-refractivity contribution in [2.45, 2.75) is 47.0 Å². The fourth-order valence-corrected chi connectivity index (χ4v) is 2.06. The molecule has 1 N–H and O–H groups in total. The van der Waals surface area contributed by atoms with Crippen molar-refractivity contribution in [1.29, 1.82) is 5.41 Å². The summed E-state index contributed by atoms with van der Waals surface area (Å²) in [5.41, 5.74) is 2.45. The quantitative estimate of drug-likeness (QED) is 0.635. The fraction of sp³-hybridized carbons (Fsp3) is 0.750. The van der Waals surface area contributed by atoms with E-state index >= 15 is 0 Å². The van der Waals surface area contributed by atoms with Crippen molar-refractivity contribution in [1.82, 2.24) is 0 Å². The maximum absolute atomic E-state index is 6.96. The molecule has 0 radical (unpaired) electrons. The molecule has 1 nitrogen and oxygen atoms in total. The molecule has 0 heterocycles. The van der Waals surface area contributed by atoms with E-state index in [1.807, 2.05) is 6.08 Å². The predicted molar refractivity (Wildman–Crippen MR) is 58.3 cm³/mol. The van der Waals surface area contributed by atoms with Crippen molar-refractivity contribution in [3.05, 3.63) is 11.6 Å². The molecule has 0 saturated heterocycles. The Morgan fingerprint density at radius 2 is 1.92 bits per heavy atom. The zero-order chi connectivity index (χ0) is 10.1. The Bertz CT molecular complexity index is 238. The zero-order valence-electron chi connectivity index (χ0n) is 9.28. The lowest BCUT2D eigenvalue weighted by molar-refractivity contribution is 0.390. The van der Waals surface area contributed by atoms with Gasteiger partial charge in [-0.2, -0.15) is 0 Å². The molecule has 1 fully saturated rings. The first-order chi connectivity index (χ1) is 5.91. The van der Waals surface area contributed by atoms with Gasteiger partial charge < -0.3 is 5.41 Å². The molecular formula is C12H21N. The van der Waals surface area contributed by atoms with Crippen LogP contribution in [0.15, 0.2) is 11.6 Å². The molecule has 0 aliphatic heterocycles. The summed E-state index contributed by atoms with van der Waals surface area (Å²) in [4.78, 5) is 0. The minimum atomic E-state index is 0.554. The van der Waals surface area contributed by atoms with Gasteiger partial charge in [0.15, 0.2) is 0 Å². The molecule has 13 heavy (non-hydrogen) atoms. The van der Waals surface area contributed by atoms with E-state index in [0.717, 1.165) is 6.42 Å². The van der Waals surface area contributed by atoms with Crippen LogP contribution in [0.2, 0.25) is 0 Å². The molecule has 1 saturated carbocycles. The highest BCUT2D eigenvalue weighted by atomic mass is 14.6. The summed E-state index contributed by atoms with van der Waals surface area (Å²) >= 11 is 0. The van der Waals surface area contributed by atoms with E-state index in [0.29, 0.717) is 10.8 Å². The van der Waals surface area contributed by atoms with E-state index < -0.39 is 0 Å². The van der Waals surface area contributed by atoms with Crippen LogP contribution in [-0.2, 0) is 0 Å². The van der Waals surface area contributed by atoms with Crippen LogP contribution in [0.4, 0.5) is 0 Å². The van der Waals surface area contributed by atoms with Gasteiger partial charge in [0.2, 0.25) is 0 Å². The highest BCUT2D eigenvalue weighted by molar-refractivity contribution is 5.68. The smallest absolute Gasteiger partial charge is 0.0177 e. The molecule has 1 rings (SSSR count). The van der Waals surface area contributed by atoms with Gasteiger partial charge in [-0.1, -0.05) is 26.3 Å². The van der Waals surface area contributed by atoms with Crippen molar-refractivity contribution in [3.63, 3.8) is 0 Å². The minimum Gasteiger partial charge on any atom is -0.309 e. The highest BCUT2D eigenvalue weighted by Crippen LogP contribution is 2.65. The lowest BCUT2D eigenvalue weighted by atomic mass is 9.91. The highest BCUT2D eigenvalue weighted by Gasteiger charge is 2.56. The topological polar surface area (TPSA) is 23.9 Å². The summed E-state index contributed by atoms with van der Waals surface area (Å²) in [6, 6.07) is 0. The summed E-state index contributed by atoms with van der Waals surface area (Å²) in [5, 5.41) is 6.96. The van der Waals surface area contributed by atoms with Crippen molar-refractivity contribution in [3.8, 4) is 0 Å². The minimum absolute atomic E-state index is 0.554. The van der Waals surface area contributed by atoms with Crippen molar-refractivity contribution >= 4 is 6.21 Å². The average molecular weight is 179 g/mol. The number of hydrogen-bond donors (Lipinski definition) is 1. The van der Waals surface area contributed by atoms with Gasteiger partial charge in [-0.15, -0.1) is 0 Å². The number of nitrogens with one attached hydrogen (secondary N) is 1. The van der Waals surface area contributed by atoms with Gasteiger partial charge in [-0.25, -0.2) is 0 Å². The third-order valence-electron chi connectivity index (χ3n) is 3.78. The zero-order valence-corrected chi connectivity index (χ0v) is 9.28. The summed E-state index contributed by atoms with van der Waals surface area (Å²) in [7, 11) is 0. The number of hydrogen-bond acceptors (Lipinski definition) is 1. The van der Waals surface area contributed by atoms with Gasteiger partial charge in [0.25, 0.3) is 0 Å². The van der Waals surface area contributed by atoms with Gasteiger partial charge >= 0.3 is 0 Å². The van der Waals surface area contributed by atoms with E-state index in [2.05, 4.69) is 27.7 Å². The lowest BCUT2D eigenvalue weighted by Gasteiger charge is -2.14. The molecule has 0 aromatic carbocycles. The average Bonchev–Trinajstić information content (AvgIpc) is 2.49. The second kappa shape index (κ2) is 3.28. The molecule has 0 amide bonds. The van der Waals surface area contributed by atoms with Crippen LogP contribution < -0.4 is 0 Å². The van der Waals surface area contributed by atoms with E-state index in [1.54, 1.807) is 0 Å². The van der Waals surface area contributed by atoms with Crippen LogP contribution in [0.5, 0.6) is 0 Å². The molecule has 1 unspecified atom stereocenters. The van der Waals surface area contributed by atoms with E-state index in [-0.39, 0.29) is 0 Å². The molecule has 0 aromatic rings. The van der Waals surface area contributed by atoms with Crippen molar-refractivity contribution < 1.29 is 0 Å². The molecule has 1 aliphatic carbocycles. The molecule has 1 heteroatoms. The fourth-order valence-electron chi connectivity index (χ4n) is 2.06. The van der Waals surface area contributed by atoms with Gasteiger partial charge in [-0.05, 0) is 43.1 Å². The molecule has 1 atom stereocenters. The summed E-state index contributed by atoms with van der Waals surface area (Å²) in [6.07, 6.45) is 7.07. The summed E-state index contributed by atoms with van der Waals surface area (Å²) in [6.45, 7) is 9.19. The van der Waals surface area contributed by atoms with E-state index in [4.69, 9.17) is 5.41 Å². The molecule has 74 valence electrons. The number of rotatable bonds is 4. The Balaban J connectivity index is 2.37. The summed E-state index contributed by atoms with van der Waals surface area (Å²) in [5.74, 6) is 0. The van der Waals surface area contributed by atoms with Crippen LogP contribution >= 0.6 is 0 Å².